The number of sulfone groups is 1. The monoisotopic (exact) mass is 284 g/mol. The van der Waals surface area contributed by atoms with Crippen LogP contribution in [0.4, 0.5) is 0 Å². The van der Waals surface area contributed by atoms with E-state index < -0.39 is 21.4 Å². The van der Waals surface area contributed by atoms with Crippen LogP contribution in [0.25, 0.3) is 0 Å². The van der Waals surface area contributed by atoms with E-state index in [4.69, 9.17) is 4.74 Å². The van der Waals surface area contributed by atoms with Crippen molar-refractivity contribution in [1.29, 1.82) is 0 Å². The Bertz CT molecular complexity index is 589. The molecule has 1 aliphatic heterocycles. The van der Waals surface area contributed by atoms with Crippen LogP contribution in [-0.2, 0) is 9.84 Å². The highest BCUT2D eigenvalue weighted by atomic mass is 32.2. The number of benzene rings is 1. The lowest BCUT2D eigenvalue weighted by Gasteiger charge is -2.31. The van der Waals surface area contributed by atoms with Crippen molar-refractivity contribution in [2.24, 2.45) is 5.41 Å². The second-order valence-corrected chi connectivity index (χ2v) is 7.84. The van der Waals surface area contributed by atoms with Crippen molar-refractivity contribution in [3.8, 4) is 5.75 Å². The molecule has 19 heavy (non-hydrogen) atoms. The molecule has 2 atom stereocenters. The van der Waals surface area contributed by atoms with Crippen LogP contribution in [0.1, 0.15) is 32.3 Å². The summed E-state index contributed by atoms with van der Waals surface area (Å²) in [6.07, 6.45) is -0.712. The Hall–Kier alpha value is -1.07. The third kappa shape index (κ3) is 2.37. The van der Waals surface area contributed by atoms with Gasteiger partial charge in [0, 0.05) is 11.3 Å². The normalized spacial score (nSPS) is 28.3. The fourth-order valence-corrected chi connectivity index (χ4v) is 4.98. The largest absolute Gasteiger partial charge is 0.497 e. The van der Waals surface area contributed by atoms with Gasteiger partial charge >= 0.3 is 0 Å². The first-order valence-corrected chi connectivity index (χ1v) is 7.93. The number of hydrogen-bond donors (Lipinski definition) is 1. The number of ether oxygens (including phenoxy) is 1. The summed E-state index contributed by atoms with van der Waals surface area (Å²) >= 11 is 0. The third-order valence-corrected chi connectivity index (χ3v) is 6.04. The predicted octanol–water partition coefficient (Wildman–Crippen LogP) is 1.97. The lowest BCUT2D eigenvalue weighted by Crippen LogP contribution is -2.36. The molecule has 0 aliphatic carbocycles. The fourth-order valence-electron chi connectivity index (χ4n) is 2.79. The summed E-state index contributed by atoms with van der Waals surface area (Å²) in [4.78, 5) is 0.311. The maximum atomic E-state index is 12.4. The fraction of sp³-hybridized carbons (Fsp3) is 0.571. The molecule has 0 fully saturated rings. The molecule has 1 aromatic carbocycles. The van der Waals surface area contributed by atoms with Gasteiger partial charge in [-0.25, -0.2) is 8.42 Å². The van der Waals surface area contributed by atoms with Crippen molar-refractivity contribution in [2.75, 3.05) is 12.9 Å². The molecule has 0 spiro atoms. The Kier molecular flexibility index (Phi) is 3.39. The standard InChI is InChI=1S/C14H20O4S/c1-9-11-7-10(18-4)5-6-12(11)19(16,17)8-14(2,3)13(9)15/h5-7,9,13,15H,8H2,1-4H3/t9-,13-/m0/s1. The average Bonchev–Trinajstić information content (AvgIpc) is 2.38. The maximum Gasteiger partial charge on any atom is 0.179 e. The molecule has 1 N–H and O–H groups in total. The van der Waals surface area contributed by atoms with Gasteiger partial charge in [-0.3, -0.25) is 0 Å². The van der Waals surface area contributed by atoms with Gasteiger partial charge in [0.05, 0.1) is 23.9 Å². The molecule has 0 radical (unpaired) electrons. The summed E-state index contributed by atoms with van der Waals surface area (Å²) < 4.78 is 30.0. The van der Waals surface area contributed by atoms with Crippen molar-refractivity contribution in [3.63, 3.8) is 0 Å². The summed E-state index contributed by atoms with van der Waals surface area (Å²) in [5, 5.41) is 10.4. The third-order valence-electron chi connectivity index (χ3n) is 3.88. The number of rotatable bonds is 1. The average molecular weight is 284 g/mol. The van der Waals surface area contributed by atoms with Gasteiger partial charge < -0.3 is 9.84 Å². The predicted molar refractivity (Wildman–Crippen MR) is 73.2 cm³/mol. The first-order valence-electron chi connectivity index (χ1n) is 6.28. The number of hydrogen-bond acceptors (Lipinski definition) is 4. The van der Waals surface area contributed by atoms with Gasteiger partial charge in [-0.05, 0) is 23.8 Å². The highest BCUT2D eigenvalue weighted by Crippen LogP contribution is 2.42. The molecule has 1 aliphatic rings. The van der Waals surface area contributed by atoms with Crippen molar-refractivity contribution in [3.05, 3.63) is 23.8 Å². The lowest BCUT2D eigenvalue weighted by atomic mass is 9.79. The Morgan fingerprint density at radius 2 is 2.00 bits per heavy atom. The quantitative estimate of drug-likeness (QED) is 0.856. The van der Waals surface area contributed by atoms with Crippen molar-refractivity contribution in [2.45, 2.75) is 37.7 Å². The van der Waals surface area contributed by atoms with E-state index in [1.807, 2.05) is 6.92 Å². The highest BCUT2D eigenvalue weighted by Gasteiger charge is 2.42. The first kappa shape index (κ1) is 14.3. The zero-order valence-corrected chi connectivity index (χ0v) is 12.5. The molecule has 1 heterocycles. The minimum Gasteiger partial charge on any atom is -0.497 e. The van der Waals surface area contributed by atoms with Crippen molar-refractivity contribution < 1.29 is 18.3 Å². The van der Waals surface area contributed by atoms with Gasteiger partial charge in [0.15, 0.2) is 9.84 Å². The number of fused-ring (bicyclic) bond motifs is 1. The SMILES string of the molecule is COc1ccc2c(c1)[C@H](C)[C@H](O)C(C)(C)CS2(=O)=O. The van der Waals surface area contributed by atoms with Crippen molar-refractivity contribution >= 4 is 9.84 Å². The van der Waals surface area contributed by atoms with E-state index >= 15 is 0 Å². The lowest BCUT2D eigenvalue weighted by molar-refractivity contribution is 0.0465. The molecule has 0 aromatic heterocycles. The molecule has 0 amide bonds. The second-order valence-electron chi connectivity index (χ2n) is 5.88. The minimum absolute atomic E-state index is 0.0508. The van der Waals surface area contributed by atoms with Crippen molar-refractivity contribution in [1.82, 2.24) is 0 Å². The second kappa shape index (κ2) is 4.49. The Morgan fingerprint density at radius 1 is 1.37 bits per heavy atom. The van der Waals surface area contributed by atoms with E-state index in [-0.39, 0.29) is 11.7 Å². The van der Waals surface area contributed by atoms with Crippen LogP contribution in [-0.4, -0.2) is 32.5 Å². The van der Waals surface area contributed by atoms with Crippen LogP contribution in [0.3, 0.4) is 0 Å². The Labute approximate surface area is 114 Å². The van der Waals surface area contributed by atoms with Crippen LogP contribution in [0, 0.1) is 5.41 Å². The molecule has 1 aromatic rings. The summed E-state index contributed by atoms with van der Waals surface area (Å²) in [5.41, 5.74) is -0.0396. The van der Waals surface area contributed by atoms with E-state index in [1.54, 1.807) is 32.0 Å². The first-order chi connectivity index (χ1) is 8.69. The highest BCUT2D eigenvalue weighted by molar-refractivity contribution is 7.91. The van der Waals surface area contributed by atoms with E-state index in [1.165, 1.54) is 7.11 Å². The van der Waals surface area contributed by atoms with E-state index in [0.717, 1.165) is 0 Å². The number of aliphatic hydroxyl groups excluding tert-OH is 1. The van der Waals surface area contributed by atoms with Gasteiger partial charge in [-0.15, -0.1) is 0 Å². The minimum atomic E-state index is -3.39. The van der Waals surface area contributed by atoms with Crippen LogP contribution in [0.2, 0.25) is 0 Å². The van der Waals surface area contributed by atoms with E-state index in [9.17, 15) is 13.5 Å². The van der Waals surface area contributed by atoms with Crippen LogP contribution >= 0.6 is 0 Å². The summed E-state index contributed by atoms with van der Waals surface area (Å²) in [6.45, 7) is 5.43. The molecule has 4 nitrogen and oxygen atoms in total. The Balaban J connectivity index is 2.70. The van der Waals surface area contributed by atoms with E-state index in [2.05, 4.69) is 0 Å². The van der Waals surface area contributed by atoms with Crippen LogP contribution in [0.15, 0.2) is 23.1 Å². The molecule has 0 saturated heterocycles. The van der Waals surface area contributed by atoms with Crippen LogP contribution < -0.4 is 4.74 Å². The topological polar surface area (TPSA) is 63.6 Å². The zero-order chi connectivity index (χ0) is 14.4. The summed E-state index contributed by atoms with van der Waals surface area (Å²) in [7, 11) is -1.85. The maximum absolute atomic E-state index is 12.4. The molecular weight excluding hydrogens is 264 g/mol. The molecule has 106 valence electrons. The molecule has 2 rings (SSSR count). The Morgan fingerprint density at radius 3 is 2.58 bits per heavy atom. The molecule has 0 bridgehead atoms. The molecule has 5 heteroatoms. The number of methoxy groups -OCH3 is 1. The van der Waals surface area contributed by atoms with Gasteiger partial charge in [0.2, 0.25) is 0 Å². The molecule has 0 saturated carbocycles. The van der Waals surface area contributed by atoms with Gasteiger partial charge in [0.25, 0.3) is 0 Å². The smallest absolute Gasteiger partial charge is 0.179 e. The molecular formula is C14H20O4S. The van der Waals surface area contributed by atoms with Gasteiger partial charge in [-0.2, -0.15) is 0 Å². The molecule has 0 unspecified atom stereocenters. The van der Waals surface area contributed by atoms with Gasteiger partial charge in [0.1, 0.15) is 5.75 Å². The number of aliphatic hydroxyl groups is 1. The van der Waals surface area contributed by atoms with E-state index in [0.29, 0.717) is 16.2 Å². The zero-order valence-electron chi connectivity index (χ0n) is 11.7. The summed E-state index contributed by atoms with van der Waals surface area (Å²) in [5.74, 6) is 0.301. The van der Waals surface area contributed by atoms with Gasteiger partial charge in [-0.1, -0.05) is 20.8 Å². The van der Waals surface area contributed by atoms with Crippen LogP contribution in [0.5, 0.6) is 5.75 Å². The summed E-state index contributed by atoms with van der Waals surface area (Å²) in [6, 6.07) is 4.93.